The van der Waals surface area contributed by atoms with E-state index in [1.54, 1.807) is 6.92 Å². The molecule has 5 heteroatoms. The molecular formula is C19H19N3OS. The number of thioether (sulfide) groups is 1. The van der Waals surface area contributed by atoms with Gasteiger partial charge in [0.1, 0.15) is 5.84 Å². The normalized spacial score (nSPS) is 17.8. The van der Waals surface area contributed by atoms with E-state index < -0.39 is 6.10 Å². The lowest BCUT2D eigenvalue weighted by Crippen LogP contribution is -2.42. The molecule has 2 aliphatic rings. The van der Waals surface area contributed by atoms with Crippen LogP contribution in [-0.2, 0) is 0 Å². The fourth-order valence-corrected chi connectivity index (χ4v) is 4.09. The zero-order valence-electron chi connectivity index (χ0n) is 13.5. The number of hydrogen-bond donors (Lipinski definition) is 2. The number of nitrogens with one attached hydrogen (secondary N) is 1. The van der Waals surface area contributed by atoms with Crippen LogP contribution in [0.4, 0.5) is 0 Å². The van der Waals surface area contributed by atoms with Crippen LogP contribution < -0.4 is 0 Å². The van der Waals surface area contributed by atoms with Crippen LogP contribution in [0.5, 0.6) is 0 Å². The van der Waals surface area contributed by atoms with Gasteiger partial charge in [0.25, 0.3) is 0 Å². The Morgan fingerprint density at radius 3 is 2.88 bits per heavy atom. The molecule has 2 heterocycles. The van der Waals surface area contributed by atoms with Crippen molar-refractivity contribution in [2.45, 2.75) is 24.3 Å². The highest BCUT2D eigenvalue weighted by molar-refractivity contribution is 8.14. The van der Waals surface area contributed by atoms with Crippen molar-refractivity contribution in [1.29, 1.82) is 5.41 Å². The minimum absolute atomic E-state index is 0.477. The van der Waals surface area contributed by atoms with Crippen molar-refractivity contribution in [3.63, 3.8) is 0 Å². The summed E-state index contributed by atoms with van der Waals surface area (Å²) in [4.78, 5) is 7.72. The molecule has 0 spiro atoms. The van der Waals surface area contributed by atoms with E-state index in [9.17, 15) is 5.11 Å². The number of amidine groups is 2. The van der Waals surface area contributed by atoms with E-state index in [4.69, 9.17) is 5.41 Å². The number of nitrogens with zero attached hydrogens (tertiary/aromatic N) is 2. The summed E-state index contributed by atoms with van der Waals surface area (Å²) in [7, 11) is 0. The summed E-state index contributed by atoms with van der Waals surface area (Å²) in [5.41, 5.74) is 4.21. The van der Waals surface area contributed by atoms with Gasteiger partial charge in [0.05, 0.1) is 6.10 Å². The molecule has 0 saturated heterocycles. The standard InChI is InChI=1S/C19H19N3OS/c1-12(23)13-4-2-5-14(10-13)15-6-7-16-17(11-15)24-19(20)22-9-3-8-21-18(16)22/h2,4-7,10-12,20,23H,3,8-9H2,1H3. The van der Waals surface area contributed by atoms with Gasteiger partial charge in [-0.25, -0.2) is 0 Å². The first-order valence-electron chi connectivity index (χ1n) is 8.15. The third-order valence-corrected chi connectivity index (χ3v) is 5.41. The maximum atomic E-state index is 9.80. The van der Waals surface area contributed by atoms with Crippen LogP contribution in [0, 0.1) is 5.41 Å². The van der Waals surface area contributed by atoms with Crippen LogP contribution in [0.2, 0.25) is 0 Å². The number of benzene rings is 2. The molecule has 2 aromatic carbocycles. The lowest BCUT2D eigenvalue weighted by molar-refractivity contribution is 0.199. The van der Waals surface area contributed by atoms with E-state index in [0.717, 1.165) is 52.5 Å². The fraction of sp³-hybridized carbons (Fsp3) is 0.263. The average Bonchev–Trinajstić information content (AvgIpc) is 2.61. The van der Waals surface area contributed by atoms with Gasteiger partial charge in [0.2, 0.25) is 0 Å². The zero-order chi connectivity index (χ0) is 16.7. The van der Waals surface area contributed by atoms with Gasteiger partial charge in [-0.15, -0.1) is 0 Å². The Labute approximate surface area is 145 Å². The van der Waals surface area contributed by atoms with Gasteiger partial charge in [0, 0.05) is 23.5 Å². The third-order valence-electron chi connectivity index (χ3n) is 4.43. The molecule has 2 N–H and O–H groups in total. The number of aliphatic hydroxyl groups is 1. The summed E-state index contributed by atoms with van der Waals surface area (Å²) >= 11 is 1.50. The van der Waals surface area contributed by atoms with E-state index in [1.807, 2.05) is 23.1 Å². The van der Waals surface area contributed by atoms with Gasteiger partial charge in [-0.3, -0.25) is 10.4 Å². The van der Waals surface area contributed by atoms with Crippen LogP contribution >= 0.6 is 11.8 Å². The Bertz CT molecular complexity index is 844. The first-order valence-corrected chi connectivity index (χ1v) is 8.96. The second kappa shape index (κ2) is 6.07. The van der Waals surface area contributed by atoms with E-state index in [-0.39, 0.29) is 0 Å². The molecule has 1 atom stereocenters. The predicted molar refractivity (Wildman–Crippen MR) is 98.8 cm³/mol. The summed E-state index contributed by atoms with van der Waals surface area (Å²) in [5.74, 6) is 0.935. The van der Waals surface area contributed by atoms with Gasteiger partial charge in [-0.1, -0.05) is 36.0 Å². The molecule has 0 fully saturated rings. The largest absolute Gasteiger partial charge is 0.389 e. The topological polar surface area (TPSA) is 59.7 Å². The van der Waals surface area contributed by atoms with E-state index in [0.29, 0.717) is 5.17 Å². The van der Waals surface area contributed by atoms with Gasteiger partial charge in [-0.2, -0.15) is 0 Å². The summed E-state index contributed by atoms with van der Waals surface area (Å²) in [6, 6.07) is 14.3. The average molecular weight is 337 g/mol. The molecule has 0 aliphatic carbocycles. The Hall–Kier alpha value is -2.11. The Kier molecular flexibility index (Phi) is 3.90. The molecule has 4 nitrogen and oxygen atoms in total. The molecule has 2 aromatic rings. The highest BCUT2D eigenvalue weighted by atomic mass is 32.2. The molecule has 0 saturated carbocycles. The van der Waals surface area contributed by atoms with Gasteiger partial charge < -0.3 is 10.0 Å². The van der Waals surface area contributed by atoms with Gasteiger partial charge in [-0.05, 0) is 48.2 Å². The van der Waals surface area contributed by atoms with Gasteiger partial charge in [0.15, 0.2) is 5.17 Å². The number of rotatable bonds is 2. The summed E-state index contributed by atoms with van der Waals surface area (Å²) in [6.07, 6.45) is 0.529. The summed E-state index contributed by atoms with van der Waals surface area (Å²) in [5, 5.41) is 18.6. The highest BCUT2D eigenvalue weighted by Crippen LogP contribution is 2.36. The summed E-state index contributed by atoms with van der Waals surface area (Å²) in [6.45, 7) is 3.49. The van der Waals surface area contributed by atoms with Crippen molar-refractivity contribution >= 4 is 22.8 Å². The molecule has 2 aliphatic heterocycles. The first-order chi connectivity index (χ1) is 11.6. The molecule has 0 bridgehead atoms. The molecule has 24 heavy (non-hydrogen) atoms. The Morgan fingerprint density at radius 1 is 1.21 bits per heavy atom. The quantitative estimate of drug-likeness (QED) is 0.874. The Balaban J connectivity index is 1.77. The lowest BCUT2D eigenvalue weighted by Gasteiger charge is -2.34. The number of fused-ring (bicyclic) bond motifs is 3. The molecule has 4 rings (SSSR count). The molecule has 1 unspecified atom stereocenters. The van der Waals surface area contributed by atoms with Crippen molar-refractivity contribution in [3.05, 3.63) is 53.6 Å². The smallest absolute Gasteiger partial charge is 0.166 e. The van der Waals surface area contributed by atoms with Crippen LogP contribution in [-0.4, -0.2) is 34.1 Å². The van der Waals surface area contributed by atoms with E-state index in [2.05, 4.69) is 29.3 Å². The summed E-state index contributed by atoms with van der Waals surface area (Å²) < 4.78 is 0. The maximum absolute atomic E-state index is 9.80. The highest BCUT2D eigenvalue weighted by Gasteiger charge is 2.29. The maximum Gasteiger partial charge on any atom is 0.166 e. The molecule has 122 valence electrons. The fourth-order valence-electron chi connectivity index (χ4n) is 3.14. The third kappa shape index (κ3) is 2.64. The van der Waals surface area contributed by atoms with E-state index in [1.165, 1.54) is 11.8 Å². The number of aliphatic imine (C=N–C) groups is 1. The van der Waals surface area contributed by atoms with Crippen molar-refractivity contribution in [3.8, 4) is 11.1 Å². The monoisotopic (exact) mass is 337 g/mol. The number of hydrogen-bond acceptors (Lipinski definition) is 4. The SMILES string of the molecule is CC(O)c1cccc(-c2ccc3c(c2)SC(=N)N2CCCN=C32)c1. The Morgan fingerprint density at radius 2 is 2.04 bits per heavy atom. The second-order valence-corrected chi connectivity index (χ2v) is 7.16. The first kappa shape index (κ1) is 15.4. The van der Waals surface area contributed by atoms with Crippen LogP contribution in [0.15, 0.2) is 52.4 Å². The predicted octanol–water partition coefficient (Wildman–Crippen LogP) is 3.90. The van der Waals surface area contributed by atoms with Crippen LogP contribution in [0.3, 0.4) is 0 Å². The van der Waals surface area contributed by atoms with Crippen LogP contribution in [0.25, 0.3) is 11.1 Å². The van der Waals surface area contributed by atoms with Crippen molar-refractivity contribution < 1.29 is 5.11 Å². The molecule has 0 amide bonds. The van der Waals surface area contributed by atoms with Crippen molar-refractivity contribution in [1.82, 2.24) is 4.90 Å². The van der Waals surface area contributed by atoms with Gasteiger partial charge >= 0.3 is 0 Å². The van der Waals surface area contributed by atoms with Crippen molar-refractivity contribution in [2.24, 2.45) is 4.99 Å². The number of aliphatic hydroxyl groups excluding tert-OH is 1. The van der Waals surface area contributed by atoms with Crippen molar-refractivity contribution in [2.75, 3.05) is 13.1 Å². The minimum atomic E-state index is -0.477. The molecule has 0 radical (unpaired) electrons. The molecule has 0 aromatic heterocycles. The molecular weight excluding hydrogens is 318 g/mol. The van der Waals surface area contributed by atoms with E-state index >= 15 is 0 Å². The van der Waals surface area contributed by atoms with Crippen LogP contribution in [0.1, 0.15) is 30.6 Å². The second-order valence-electron chi connectivity index (χ2n) is 6.13. The minimum Gasteiger partial charge on any atom is -0.389 e. The zero-order valence-corrected chi connectivity index (χ0v) is 14.3. The lowest BCUT2D eigenvalue weighted by atomic mass is 9.99.